The van der Waals surface area contributed by atoms with E-state index in [-0.39, 0.29) is 30.0 Å². The van der Waals surface area contributed by atoms with Crippen molar-refractivity contribution in [3.05, 3.63) is 18.0 Å². The van der Waals surface area contributed by atoms with E-state index in [0.29, 0.717) is 6.04 Å². The molecule has 156 valence electrons. The molecule has 1 saturated heterocycles. The van der Waals surface area contributed by atoms with Crippen LogP contribution in [-0.4, -0.2) is 92.6 Å². The fourth-order valence-corrected chi connectivity index (χ4v) is 3.31. The normalized spacial score (nSPS) is 17.6. The second kappa shape index (κ2) is 12.5. The summed E-state index contributed by atoms with van der Waals surface area (Å²) in [4.78, 5) is 9.06. The van der Waals surface area contributed by atoms with Crippen molar-refractivity contribution in [2.45, 2.75) is 24.9 Å². The SMILES string of the molecule is CN=C(NCC(c1cnn(C)c1)N(C)C)NC1CCN(CCOC)CC1.I. The lowest BCUT2D eigenvalue weighted by Gasteiger charge is -2.33. The second-order valence-electron chi connectivity index (χ2n) is 7.13. The molecular formula is C18H36IN7O. The smallest absolute Gasteiger partial charge is 0.191 e. The minimum Gasteiger partial charge on any atom is -0.383 e. The van der Waals surface area contributed by atoms with Crippen molar-refractivity contribution in [1.82, 2.24) is 30.2 Å². The lowest BCUT2D eigenvalue weighted by molar-refractivity contribution is 0.128. The zero-order valence-electron chi connectivity index (χ0n) is 17.3. The fraction of sp³-hybridized carbons (Fsp3) is 0.778. The van der Waals surface area contributed by atoms with Gasteiger partial charge in [0.1, 0.15) is 0 Å². The Bertz CT molecular complexity index is 556. The monoisotopic (exact) mass is 493 g/mol. The molecule has 1 aromatic rings. The molecular weight excluding hydrogens is 457 g/mol. The zero-order valence-corrected chi connectivity index (χ0v) is 19.6. The van der Waals surface area contributed by atoms with Crippen LogP contribution >= 0.6 is 24.0 Å². The van der Waals surface area contributed by atoms with Crippen LogP contribution in [0.2, 0.25) is 0 Å². The Morgan fingerprint density at radius 2 is 2.11 bits per heavy atom. The molecule has 1 aromatic heterocycles. The topological polar surface area (TPSA) is 70.0 Å². The highest BCUT2D eigenvalue weighted by molar-refractivity contribution is 14.0. The largest absolute Gasteiger partial charge is 0.383 e. The highest BCUT2D eigenvalue weighted by Crippen LogP contribution is 2.16. The first-order valence-electron chi connectivity index (χ1n) is 9.37. The summed E-state index contributed by atoms with van der Waals surface area (Å²) in [7, 11) is 9.72. The Morgan fingerprint density at radius 3 is 2.63 bits per heavy atom. The minimum atomic E-state index is 0. The maximum absolute atomic E-state index is 5.17. The maximum Gasteiger partial charge on any atom is 0.191 e. The van der Waals surface area contributed by atoms with Crippen LogP contribution in [0, 0.1) is 0 Å². The number of halogens is 1. The van der Waals surface area contributed by atoms with Gasteiger partial charge in [0.15, 0.2) is 5.96 Å². The molecule has 9 heteroatoms. The molecule has 1 unspecified atom stereocenters. The first-order chi connectivity index (χ1) is 12.5. The molecule has 1 aliphatic heterocycles. The number of guanidine groups is 1. The van der Waals surface area contributed by atoms with Crippen molar-refractivity contribution >= 4 is 29.9 Å². The van der Waals surface area contributed by atoms with Gasteiger partial charge in [0.05, 0.1) is 18.8 Å². The summed E-state index contributed by atoms with van der Waals surface area (Å²) in [5.74, 6) is 0.871. The summed E-state index contributed by atoms with van der Waals surface area (Å²) in [5, 5.41) is 11.3. The van der Waals surface area contributed by atoms with Crippen LogP contribution in [0.5, 0.6) is 0 Å². The molecule has 0 aliphatic carbocycles. The van der Waals surface area contributed by atoms with Gasteiger partial charge in [0.2, 0.25) is 0 Å². The van der Waals surface area contributed by atoms with E-state index in [1.54, 1.807) is 7.11 Å². The fourth-order valence-electron chi connectivity index (χ4n) is 3.31. The lowest BCUT2D eigenvalue weighted by atomic mass is 10.1. The standard InChI is InChI=1S/C18H35N7O.HI/c1-19-18(22-16-6-8-25(9-7-16)10-11-26-5)20-13-17(23(2)3)15-12-21-24(4)14-15;/h12,14,16-17H,6-11,13H2,1-5H3,(H2,19,20,22);1H. The molecule has 0 radical (unpaired) electrons. The molecule has 1 aliphatic rings. The Morgan fingerprint density at radius 1 is 1.41 bits per heavy atom. The number of hydrogen-bond acceptors (Lipinski definition) is 5. The van der Waals surface area contributed by atoms with E-state index < -0.39 is 0 Å². The van der Waals surface area contributed by atoms with Crippen molar-refractivity contribution in [3.63, 3.8) is 0 Å². The molecule has 0 amide bonds. The van der Waals surface area contributed by atoms with Crippen molar-refractivity contribution in [2.24, 2.45) is 12.0 Å². The van der Waals surface area contributed by atoms with E-state index in [4.69, 9.17) is 4.74 Å². The van der Waals surface area contributed by atoms with Gasteiger partial charge in [-0.1, -0.05) is 0 Å². The number of hydrogen-bond donors (Lipinski definition) is 2. The highest BCUT2D eigenvalue weighted by atomic mass is 127. The molecule has 0 aromatic carbocycles. The van der Waals surface area contributed by atoms with Crippen LogP contribution in [0.4, 0.5) is 0 Å². The Labute approximate surface area is 180 Å². The number of methoxy groups -OCH3 is 1. The molecule has 2 rings (SSSR count). The predicted octanol–water partition coefficient (Wildman–Crippen LogP) is 0.917. The summed E-state index contributed by atoms with van der Waals surface area (Å²) in [6.07, 6.45) is 6.25. The average Bonchev–Trinajstić information content (AvgIpc) is 3.06. The van der Waals surface area contributed by atoms with E-state index in [1.165, 1.54) is 5.56 Å². The van der Waals surface area contributed by atoms with E-state index in [0.717, 1.165) is 51.6 Å². The summed E-state index contributed by atoms with van der Waals surface area (Å²) >= 11 is 0. The van der Waals surface area contributed by atoms with Gasteiger partial charge >= 0.3 is 0 Å². The van der Waals surface area contributed by atoms with Crippen LogP contribution in [0.3, 0.4) is 0 Å². The predicted molar refractivity (Wildman–Crippen MR) is 121 cm³/mol. The van der Waals surface area contributed by atoms with Crippen LogP contribution in [0.25, 0.3) is 0 Å². The number of nitrogens with zero attached hydrogens (tertiary/aromatic N) is 5. The van der Waals surface area contributed by atoms with Gasteiger partial charge in [-0.15, -0.1) is 24.0 Å². The van der Waals surface area contributed by atoms with Gasteiger partial charge in [-0.25, -0.2) is 0 Å². The molecule has 2 N–H and O–H groups in total. The van der Waals surface area contributed by atoms with Gasteiger partial charge in [-0.2, -0.15) is 5.10 Å². The number of aromatic nitrogens is 2. The molecule has 0 bridgehead atoms. The van der Waals surface area contributed by atoms with Crippen LogP contribution in [-0.2, 0) is 11.8 Å². The Hall–Kier alpha value is -0.910. The number of nitrogens with one attached hydrogen (secondary N) is 2. The third kappa shape index (κ3) is 7.92. The third-order valence-electron chi connectivity index (χ3n) is 4.96. The van der Waals surface area contributed by atoms with Crippen LogP contribution in [0.1, 0.15) is 24.4 Å². The number of rotatable bonds is 8. The van der Waals surface area contributed by atoms with Gasteiger partial charge in [-0.05, 0) is 26.9 Å². The summed E-state index contributed by atoms with van der Waals surface area (Å²) in [5.41, 5.74) is 1.20. The number of aliphatic imine (C=N–C) groups is 1. The van der Waals surface area contributed by atoms with Crippen molar-refractivity contribution in [3.8, 4) is 0 Å². The summed E-state index contributed by atoms with van der Waals surface area (Å²) in [6, 6.07) is 0.717. The second-order valence-corrected chi connectivity index (χ2v) is 7.13. The first kappa shape index (κ1) is 24.1. The van der Waals surface area contributed by atoms with Crippen LogP contribution < -0.4 is 10.6 Å². The van der Waals surface area contributed by atoms with Crippen LogP contribution in [0.15, 0.2) is 17.4 Å². The molecule has 0 saturated carbocycles. The lowest BCUT2D eigenvalue weighted by Crippen LogP contribution is -2.50. The van der Waals surface area contributed by atoms with Crippen molar-refractivity contribution in [2.75, 3.05) is 61.0 Å². The molecule has 8 nitrogen and oxygen atoms in total. The molecule has 1 atom stereocenters. The van der Waals surface area contributed by atoms with Crippen molar-refractivity contribution < 1.29 is 4.74 Å². The highest BCUT2D eigenvalue weighted by Gasteiger charge is 2.21. The molecule has 2 heterocycles. The van der Waals surface area contributed by atoms with Gasteiger partial charge in [0.25, 0.3) is 0 Å². The van der Waals surface area contributed by atoms with Gasteiger partial charge < -0.3 is 25.2 Å². The summed E-state index contributed by atoms with van der Waals surface area (Å²) in [6.45, 7) is 4.82. The van der Waals surface area contributed by atoms with E-state index in [2.05, 4.69) is 50.8 Å². The number of ether oxygens (including phenoxy) is 1. The van der Waals surface area contributed by atoms with Gasteiger partial charge in [-0.3, -0.25) is 9.67 Å². The minimum absolute atomic E-state index is 0. The molecule has 0 spiro atoms. The quantitative estimate of drug-likeness (QED) is 0.319. The number of likely N-dealkylation sites (tertiary alicyclic amines) is 1. The number of likely N-dealkylation sites (N-methyl/N-ethyl adjacent to an activating group) is 1. The third-order valence-corrected chi connectivity index (χ3v) is 4.96. The van der Waals surface area contributed by atoms with E-state index in [1.807, 2.05) is 25.0 Å². The number of aryl methyl sites for hydroxylation is 1. The zero-order chi connectivity index (χ0) is 18.9. The first-order valence-corrected chi connectivity index (χ1v) is 9.37. The van der Waals surface area contributed by atoms with Crippen molar-refractivity contribution in [1.29, 1.82) is 0 Å². The number of piperidine rings is 1. The Kier molecular flexibility index (Phi) is 11.2. The van der Waals surface area contributed by atoms with E-state index in [9.17, 15) is 0 Å². The average molecular weight is 493 g/mol. The van der Waals surface area contributed by atoms with Gasteiger partial charge in [0, 0.05) is 65.2 Å². The molecule has 1 fully saturated rings. The summed E-state index contributed by atoms with van der Waals surface area (Å²) < 4.78 is 7.01. The maximum atomic E-state index is 5.17. The molecule has 27 heavy (non-hydrogen) atoms. The Balaban J connectivity index is 0.00000364. The van der Waals surface area contributed by atoms with E-state index >= 15 is 0 Å².